The number of nitrogens with zero attached hydrogens (tertiary/aromatic N) is 4. The molecule has 0 unspecified atom stereocenters. The van der Waals surface area contributed by atoms with Crippen molar-refractivity contribution in [2.24, 2.45) is 0 Å². The summed E-state index contributed by atoms with van der Waals surface area (Å²) in [5.74, 6) is 0.469. The van der Waals surface area contributed by atoms with Crippen LogP contribution in [0.5, 0.6) is 0 Å². The molecule has 3 aromatic heterocycles. The van der Waals surface area contributed by atoms with Crippen LogP contribution in [0.15, 0.2) is 174 Å². The lowest BCUT2D eigenvalue weighted by Gasteiger charge is -2.10. The van der Waals surface area contributed by atoms with Gasteiger partial charge in [0.15, 0.2) is 17.5 Å². The molecular formula is C44H28N4O. The lowest BCUT2D eigenvalue weighted by Crippen LogP contribution is -2.00. The van der Waals surface area contributed by atoms with Crippen molar-refractivity contribution in [3.05, 3.63) is 170 Å². The number of para-hydroxylation sites is 1. The molecule has 6 aromatic carbocycles. The van der Waals surface area contributed by atoms with Gasteiger partial charge < -0.3 is 4.42 Å². The Labute approximate surface area is 290 Å². The zero-order valence-electron chi connectivity index (χ0n) is 31.0. The molecule has 0 saturated heterocycles. The molecule has 0 fully saturated rings. The van der Waals surface area contributed by atoms with Gasteiger partial charge in [0.05, 0.1) is 12.2 Å². The number of furan rings is 1. The molecule has 230 valence electrons. The summed E-state index contributed by atoms with van der Waals surface area (Å²) in [7, 11) is 0. The maximum absolute atomic E-state index is 8.73. The fourth-order valence-corrected chi connectivity index (χ4v) is 6.15. The van der Waals surface area contributed by atoms with Crippen LogP contribution in [0.2, 0.25) is 0 Å². The maximum Gasteiger partial charge on any atom is 0.228 e. The molecule has 0 amide bonds. The van der Waals surface area contributed by atoms with Crippen molar-refractivity contribution in [1.82, 2.24) is 19.9 Å². The highest BCUT2D eigenvalue weighted by atomic mass is 16.3. The Morgan fingerprint density at radius 2 is 0.980 bits per heavy atom. The third-order valence-electron chi connectivity index (χ3n) is 8.55. The van der Waals surface area contributed by atoms with Crippen molar-refractivity contribution in [1.29, 1.82) is 0 Å². The summed E-state index contributed by atoms with van der Waals surface area (Å²) in [6.45, 7) is 0. The molecule has 0 aliphatic rings. The van der Waals surface area contributed by atoms with Gasteiger partial charge in [-0.3, -0.25) is 0 Å². The van der Waals surface area contributed by atoms with E-state index in [9.17, 15) is 0 Å². The third-order valence-corrected chi connectivity index (χ3v) is 8.55. The number of aromatic nitrogens is 4. The van der Waals surface area contributed by atoms with Gasteiger partial charge in [-0.05, 0) is 33.9 Å². The molecule has 0 radical (unpaired) electrons. The zero-order chi connectivity index (χ0) is 36.9. The highest BCUT2D eigenvalue weighted by Crippen LogP contribution is 2.40. The van der Waals surface area contributed by atoms with Crippen molar-refractivity contribution < 1.29 is 11.3 Å². The minimum Gasteiger partial charge on any atom is -0.437 e. The number of benzene rings is 6. The van der Waals surface area contributed by atoms with Crippen LogP contribution in [-0.4, -0.2) is 19.9 Å². The predicted octanol–water partition coefficient (Wildman–Crippen LogP) is 11.2. The summed E-state index contributed by atoms with van der Waals surface area (Å²) >= 11 is 0. The number of hydrogen-bond donors (Lipinski definition) is 0. The van der Waals surface area contributed by atoms with Gasteiger partial charge in [-0.25, -0.2) is 19.9 Å². The van der Waals surface area contributed by atoms with E-state index in [0.29, 0.717) is 27.8 Å². The number of pyridine rings is 1. The summed E-state index contributed by atoms with van der Waals surface area (Å²) in [5, 5.41) is 1.48. The van der Waals surface area contributed by atoms with Crippen molar-refractivity contribution in [2.45, 2.75) is 0 Å². The zero-order valence-corrected chi connectivity index (χ0v) is 26.0. The molecule has 9 aromatic rings. The van der Waals surface area contributed by atoms with Crippen molar-refractivity contribution in [3.8, 4) is 67.5 Å². The van der Waals surface area contributed by atoms with E-state index in [0.717, 1.165) is 38.8 Å². The summed E-state index contributed by atoms with van der Waals surface area (Å²) in [6, 6.07) is 41.8. The Kier molecular flexibility index (Phi) is 5.84. The maximum atomic E-state index is 8.73. The quantitative estimate of drug-likeness (QED) is 0.182. The summed E-state index contributed by atoms with van der Waals surface area (Å²) in [6.07, 6.45) is 1.62. The first-order valence-electron chi connectivity index (χ1n) is 18.3. The van der Waals surface area contributed by atoms with E-state index >= 15 is 0 Å². The highest BCUT2D eigenvalue weighted by molar-refractivity contribution is 6.13. The molecule has 0 atom stereocenters. The van der Waals surface area contributed by atoms with Gasteiger partial charge in [0.2, 0.25) is 5.71 Å². The average molecular weight is 634 g/mol. The van der Waals surface area contributed by atoms with Crippen LogP contribution in [0.4, 0.5) is 0 Å². The van der Waals surface area contributed by atoms with E-state index in [-0.39, 0.29) is 23.0 Å². The molecule has 0 bridgehead atoms. The van der Waals surface area contributed by atoms with E-state index < -0.39 is 30.2 Å². The average Bonchev–Trinajstić information content (AvgIpc) is 3.62. The van der Waals surface area contributed by atoms with Gasteiger partial charge in [-0.15, -0.1) is 0 Å². The number of rotatable bonds is 6. The molecule has 0 N–H and O–H groups in total. The molecule has 3 heterocycles. The fraction of sp³-hybridized carbons (Fsp3) is 0. The first kappa shape index (κ1) is 23.6. The summed E-state index contributed by atoms with van der Waals surface area (Å²) < 4.78 is 48.8. The van der Waals surface area contributed by atoms with Crippen LogP contribution in [-0.2, 0) is 0 Å². The second-order valence-corrected chi connectivity index (χ2v) is 11.5. The summed E-state index contributed by atoms with van der Waals surface area (Å²) in [5.41, 5.74) is 8.34. The van der Waals surface area contributed by atoms with E-state index in [1.54, 1.807) is 12.3 Å². The molecule has 49 heavy (non-hydrogen) atoms. The van der Waals surface area contributed by atoms with Gasteiger partial charge in [0.1, 0.15) is 5.58 Å². The standard InChI is InChI=1S/C44H28N4O/c1-4-11-29(12-5-1)31-19-23-33(24-20-31)36-17-10-18-37-39-38(27-28-45-44(39)49-40(36)37)43-47-41(34-15-8-3-9-16-34)46-42(48-43)35-25-21-32(22-26-35)30-13-6-2-7-14-30/h1-28H/i3D,8D,9D,15D,16D. The van der Waals surface area contributed by atoms with Crippen molar-refractivity contribution in [3.63, 3.8) is 0 Å². The van der Waals surface area contributed by atoms with Crippen LogP contribution < -0.4 is 0 Å². The van der Waals surface area contributed by atoms with E-state index in [1.807, 2.05) is 91.0 Å². The molecular weight excluding hydrogens is 601 g/mol. The summed E-state index contributed by atoms with van der Waals surface area (Å²) in [4.78, 5) is 19.0. The minimum absolute atomic E-state index is 0.0453. The van der Waals surface area contributed by atoms with Crippen LogP contribution in [0.25, 0.3) is 89.6 Å². The molecule has 0 aliphatic heterocycles. The second-order valence-electron chi connectivity index (χ2n) is 11.5. The molecule has 5 heteroatoms. The Balaban J connectivity index is 1.23. The van der Waals surface area contributed by atoms with Crippen LogP contribution in [0.3, 0.4) is 0 Å². The van der Waals surface area contributed by atoms with E-state index in [1.165, 1.54) is 0 Å². The monoisotopic (exact) mass is 633 g/mol. The lowest BCUT2D eigenvalue weighted by molar-refractivity contribution is 0.655. The van der Waals surface area contributed by atoms with Gasteiger partial charge in [-0.2, -0.15) is 0 Å². The predicted molar refractivity (Wildman–Crippen MR) is 198 cm³/mol. The van der Waals surface area contributed by atoms with Crippen molar-refractivity contribution >= 4 is 22.1 Å². The Morgan fingerprint density at radius 3 is 1.63 bits per heavy atom. The topological polar surface area (TPSA) is 64.7 Å². The van der Waals surface area contributed by atoms with Gasteiger partial charge in [0, 0.05) is 33.8 Å². The highest BCUT2D eigenvalue weighted by Gasteiger charge is 2.20. The Morgan fingerprint density at radius 1 is 0.429 bits per heavy atom. The number of hydrogen-bond acceptors (Lipinski definition) is 5. The van der Waals surface area contributed by atoms with E-state index in [2.05, 4.69) is 41.4 Å². The molecule has 0 spiro atoms. The molecule has 0 aliphatic carbocycles. The van der Waals surface area contributed by atoms with Gasteiger partial charge in [0.25, 0.3) is 0 Å². The molecule has 9 rings (SSSR count). The number of fused-ring (bicyclic) bond motifs is 3. The van der Waals surface area contributed by atoms with Crippen molar-refractivity contribution in [2.75, 3.05) is 0 Å². The fourth-order valence-electron chi connectivity index (χ4n) is 6.15. The largest absolute Gasteiger partial charge is 0.437 e. The smallest absolute Gasteiger partial charge is 0.228 e. The van der Waals surface area contributed by atoms with Crippen LogP contribution >= 0.6 is 0 Å². The molecule has 0 saturated carbocycles. The lowest BCUT2D eigenvalue weighted by atomic mass is 9.98. The first-order chi connectivity index (χ1) is 26.4. The third kappa shape index (κ3) is 5.33. The molecule has 5 nitrogen and oxygen atoms in total. The normalized spacial score (nSPS) is 12.7. The first-order valence-corrected chi connectivity index (χ1v) is 15.8. The van der Waals surface area contributed by atoms with Crippen LogP contribution in [0.1, 0.15) is 6.85 Å². The van der Waals surface area contributed by atoms with Gasteiger partial charge >= 0.3 is 0 Å². The van der Waals surface area contributed by atoms with Gasteiger partial charge in [-0.1, -0.05) is 158 Å². The second kappa shape index (κ2) is 12.1. The van der Waals surface area contributed by atoms with E-state index in [4.69, 9.17) is 26.2 Å². The SMILES string of the molecule is [2H]c1c([2H])c([2H])c(-c2nc(-c3ccc(-c4ccccc4)cc3)nc(-c3ccnc4oc5c(-c6ccc(-c7ccccc7)cc6)cccc5c34)n2)c([2H])c1[2H]. The Hall–Kier alpha value is -6.72. The Bertz CT molecular complexity index is 2830. The van der Waals surface area contributed by atoms with Crippen LogP contribution in [0, 0.1) is 0 Å². The minimum atomic E-state index is -0.494.